The molecule has 1 aliphatic rings. The second kappa shape index (κ2) is 6.01. The van der Waals surface area contributed by atoms with Crippen LogP contribution in [0.2, 0.25) is 0 Å². The Morgan fingerprint density at radius 1 is 1.53 bits per heavy atom. The molecule has 1 aromatic heterocycles. The molecule has 0 spiro atoms. The molecular weight excluding hydrogens is 308 g/mol. The van der Waals surface area contributed by atoms with Gasteiger partial charge in [-0.25, -0.2) is 4.98 Å². The van der Waals surface area contributed by atoms with Crippen molar-refractivity contribution in [2.75, 3.05) is 6.54 Å². The number of amides is 1. The van der Waals surface area contributed by atoms with E-state index in [0.717, 1.165) is 25.7 Å². The highest BCUT2D eigenvalue weighted by atomic mass is 79.9. The van der Waals surface area contributed by atoms with Gasteiger partial charge in [0.2, 0.25) is 0 Å². The lowest BCUT2D eigenvalue weighted by Crippen LogP contribution is -2.45. The van der Waals surface area contributed by atoms with Gasteiger partial charge in [0.05, 0.1) is 5.60 Å². The number of aromatic nitrogens is 1. The van der Waals surface area contributed by atoms with Crippen LogP contribution in [0.5, 0.6) is 0 Å². The molecule has 104 valence electrons. The zero-order valence-electron chi connectivity index (χ0n) is 11.0. The first-order valence-electron chi connectivity index (χ1n) is 6.62. The number of carbonyl (C=O) groups excluding carboxylic acids is 1. The summed E-state index contributed by atoms with van der Waals surface area (Å²) < 4.78 is 0.630. The largest absolute Gasteiger partial charge is 0.388 e. The maximum Gasteiger partial charge on any atom is 0.270 e. The third-order valence-electron chi connectivity index (χ3n) is 3.73. The second-order valence-corrected chi connectivity index (χ2v) is 6.25. The summed E-state index contributed by atoms with van der Waals surface area (Å²) in [6.45, 7) is 2.50. The monoisotopic (exact) mass is 326 g/mol. The van der Waals surface area contributed by atoms with Crippen LogP contribution in [-0.4, -0.2) is 28.1 Å². The molecule has 19 heavy (non-hydrogen) atoms. The highest BCUT2D eigenvalue weighted by molar-refractivity contribution is 9.10. The summed E-state index contributed by atoms with van der Waals surface area (Å²) in [6, 6.07) is 5.20. The van der Waals surface area contributed by atoms with Crippen LogP contribution in [0.15, 0.2) is 22.8 Å². The molecule has 0 aliphatic heterocycles. The Labute approximate surface area is 121 Å². The van der Waals surface area contributed by atoms with Gasteiger partial charge in [0.25, 0.3) is 5.91 Å². The number of hydrogen-bond acceptors (Lipinski definition) is 3. The van der Waals surface area contributed by atoms with E-state index in [2.05, 4.69) is 33.2 Å². The number of pyridine rings is 1. The molecule has 0 atom stereocenters. The molecule has 1 heterocycles. The van der Waals surface area contributed by atoms with Gasteiger partial charge in [-0.05, 0) is 59.7 Å². The minimum Gasteiger partial charge on any atom is -0.388 e. The van der Waals surface area contributed by atoms with E-state index in [-0.39, 0.29) is 5.91 Å². The molecule has 0 aromatic carbocycles. The van der Waals surface area contributed by atoms with Crippen molar-refractivity contribution in [3.05, 3.63) is 28.5 Å². The highest BCUT2D eigenvalue weighted by Gasteiger charge is 2.32. The molecule has 1 saturated carbocycles. The Morgan fingerprint density at radius 3 is 2.84 bits per heavy atom. The molecule has 1 amide bonds. The molecule has 2 rings (SSSR count). The topological polar surface area (TPSA) is 62.2 Å². The molecule has 2 N–H and O–H groups in total. The third kappa shape index (κ3) is 4.01. The zero-order chi connectivity index (χ0) is 13.9. The van der Waals surface area contributed by atoms with Crippen LogP contribution in [-0.2, 0) is 0 Å². The number of nitrogens with zero attached hydrogens (tertiary/aromatic N) is 1. The predicted molar refractivity (Wildman–Crippen MR) is 76.9 cm³/mol. The van der Waals surface area contributed by atoms with Gasteiger partial charge in [0, 0.05) is 6.54 Å². The zero-order valence-corrected chi connectivity index (χ0v) is 12.6. The predicted octanol–water partition coefficient (Wildman–Crippen LogP) is 2.52. The quantitative estimate of drug-likeness (QED) is 0.839. The average molecular weight is 327 g/mol. The molecule has 1 aliphatic carbocycles. The number of hydrogen-bond donors (Lipinski definition) is 2. The van der Waals surface area contributed by atoms with Crippen molar-refractivity contribution in [3.8, 4) is 0 Å². The van der Waals surface area contributed by atoms with Crippen molar-refractivity contribution in [3.63, 3.8) is 0 Å². The van der Waals surface area contributed by atoms with E-state index in [4.69, 9.17) is 0 Å². The Hall–Kier alpha value is -0.940. The van der Waals surface area contributed by atoms with E-state index in [1.54, 1.807) is 18.2 Å². The lowest BCUT2D eigenvalue weighted by atomic mass is 9.79. The Morgan fingerprint density at radius 2 is 2.21 bits per heavy atom. The lowest BCUT2D eigenvalue weighted by molar-refractivity contribution is -0.00543. The fraction of sp³-hybridized carbons (Fsp3) is 0.571. The Balaban J connectivity index is 1.90. The smallest absolute Gasteiger partial charge is 0.270 e. The fourth-order valence-electron chi connectivity index (χ4n) is 2.35. The summed E-state index contributed by atoms with van der Waals surface area (Å²) in [5.74, 6) is 0.427. The van der Waals surface area contributed by atoms with Crippen LogP contribution >= 0.6 is 15.9 Å². The maximum absolute atomic E-state index is 11.9. The summed E-state index contributed by atoms with van der Waals surface area (Å²) in [7, 11) is 0. The van der Waals surface area contributed by atoms with E-state index >= 15 is 0 Å². The minimum absolute atomic E-state index is 0.242. The molecule has 4 nitrogen and oxygen atoms in total. The van der Waals surface area contributed by atoms with E-state index < -0.39 is 5.60 Å². The summed E-state index contributed by atoms with van der Waals surface area (Å²) in [4.78, 5) is 16.0. The molecule has 0 radical (unpaired) electrons. The first-order valence-corrected chi connectivity index (χ1v) is 7.41. The minimum atomic E-state index is -0.756. The number of nitrogens with one attached hydrogen (secondary N) is 1. The summed E-state index contributed by atoms with van der Waals surface area (Å²) in [6.07, 6.45) is 3.53. The summed E-state index contributed by atoms with van der Waals surface area (Å²) in [5, 5.41) is 13.2. The SMILES string of the molecule is CC1CCC(O)(CNC(=O)c2cccc(Br)n2)CC1. The van der Waals surface area contributed by atoms with Crippen molar-refractivity contribution in [2.24, 2.45) is 5.92 Å². The van der Waals surface area contributed by atoms with Gasteiger partial charge >= 0.3 is 0 Å². The van der Waals surface area contributed by atoms with Crippen molar-refractivity contribution in [2.45, 2.75) is 38.2 Å². The van der Waals surface area contributed by atoms with Crippen LogP contribution in [0.3, 0.4) is 0 Å². The van der Waals surface area contributed by atoms with E-state index in [1.165, 1.54) is 0 Å². The van der Waals surface area contributed by atoms with Crippen molar-refractivity contribution in [1.82, 2.24) is 10.3 Å². The normalized spacial score (nSPS) is 27.0. The van der Waals surface area contributed by atoms with Crippen molar-refractivity contribution < 1.29 is 9.90 Å². The van der Waals surface area contributed by atoms with Crippen LogP contribution in [0.25, 0.3) is 0 Å². The molecule has 1 fully saturated rings. The Bertz CT molecular complexity index is 457. The van der Waals surface area contributed by atoms with E-state index in [1.807, 2.05) is 0 Å². The summed E-state index contributed by atoms with van der Waals surface area (Å²) >= 11 is 3.23. The molecular formula is C14H19BrN2O2. The van der Waals surface area contributed by atoms with Crippen molar-refractivity contribution in [1.29, 1.82) is 0 Å². The van der Waals surface area contributed by atoms with E-state index in [0.29, 0.717) is 22.8 Å². The first kappa shape index (κ1) is 14.5. The maximum atomic E-state index is 11.9. The molecule has 0 saturated heterocycles. The van der Waals surface area contributed by atoms with Gasteiger partial charge in [0.15, 0.2) is 0 Å². The highest BCUT2D eigenvalue weighted by Crippen LogP contribution is 2.31. The average Bonchev–Trinajstić information content (AvgIpc) is 2.40. The van der Waals surface area contributed by atoms with Crippen LogP contribution in [0.1, 0.15) is 43.1 Å². The molecule has 5 heteroatoms. The van der Waals surface area contributed by atoms with Gasteiger partial charge in [-0.2, -0.15) is 0 Å². The summed E-state index contributed by atoms with van der Waals surface area (Å²) in [5.41, 5.74) is -0.393. The molecule has 0 bridgehead atoms. The van der Waals surface area contributed by atoms with Crippen LogP contribution in [0, 0.1) is 5.92 Å². The number of aliphatic hydroxyl groups is 1. The molecule has 1 aromatic rings. The van der Waals surface area contributed by atoms with Crippen LogP contribution in [0.4, 0.5) is 0 Å². The number of halogens is 1. The third-order valence-corrected chi connectivity index (χ3v) is 4.17. The van der Waals surface area contributed by atoms with Gasteiger partial charge in [-0.15, -0.1) is 0 Å². The van der Waals surface area contributed by atoms with Gasteiger partial charge in [0.1, 0.15) is 10.3 Å². The standard InChI is InChI=1S/C14H19BrN2O2/c1-10-5-7-14(19,8-6-10)9-16-13(18)11-3-2-4-12(15)17-11/h2-4,10,19H,5-9H2,1H3,(H,16,18). The molecule has 0 unspecified atom stereocenters. The van der Waals surface area contributed by atoms with Crippen molar-refractivity contribution >= 4 is 21.8 Å². The Kier molecular flexibility index (Phi) is 4.58. The van der Waals surface area contributed by atoms with E-state index in [9.17, 15) is 9.90 Å². The van der Waals surface area contributed by atoms with Gasteiger partial charge < -0.3 is 10.4 Å². The van der Waals surface area contributed by atoms with Gasteiger partial charge in [-0.1, -0.05) is 13.0 Å². The second-order valence-electron chi connectivity index (χ2n) is 5.44. The van der Waals surface area contributed by atoms with Crippen LogP contribution < -0.4 is 5.32 Å². The fourth-order valence-corrected chi connectivity index (χ4v) is 2.69. The first-order chi connectivity index (χ1) is 8.98. The number of carbonyl (C=O) groups is 1. The number of rotatable bonds is 3. The lowest BCUT2D eigenvalue weighted by Gasteiger charge is -2.34. The van der Waals surface area contributed by atoms with Gasteiger partial charge in [-0.3, -0.25) is 4.79 Å².